The lowest BCUT2D eigenvalue weighted by Gasteiger charge is -2.41. The Morgan fingerprint density at radius 3 is 2.50 bits per heavy atom. The second-order valence-electron chi connectivity index (χ2n) is 8.15. The van der Waals surface area contributed by atoms with E-state index >= 15 is 0 Å². The van der Waals surface area contributed by atoms with E-state index in [2.05, 4.69) is 15.5 Å². The monoisotopic (exact) mass is 447 g/mol. The van der Waals surface area contributed by atoms with Crippen LogP contribution in [-0.4, -0.2) is 40.3 Å². The maximum absolute atomic E-state index is 13.3. The lowest BCUT2D eigenvalue weighted by atomic mass is 9.77. The van der Waals surface area contributed by atoms with Crippen LogP contribution in [0.2, 0.25) is 0 Å². The fraction of sp³-hybridized carbons (Fsp3) is 0.391. The first kappa shape index (κ1) is 22.3. The summed E-state index contributed by atoms with van der Waals surface area (Å²) in [5.74, 6) is 0.581. The number of aromatic nitrogens is 2. The van der Waals surface area contributed by atoms with Crippen LogP contribution in [-0.2, 0) is 10.9 Å². The standard InChI is InChI=1S/C23H24F3N3O3/c1-3-31-13-32-19-10-14(23(24,25)26)8-9-18(19)20-16-6-4-5-7-17(16)21(29-28-20)27-15-11-22(2,30)12-15/h4-10,15,30H,3,11-13H2,1-2H3,(H,27,29). The van der Waals surface area contributed by atoms with E-state index in [-0.39, 0.29) is 18.6 Å². The van der Waals surface area contributed by atoms with Gasteiger partial charge in [-0.3, -0.25) is 0 Å². The van der Waals surface area contributed by atoms with Gasteiger partial charge < -0.3 is 19.9 Å². The predicted molar refractivity (Wildman–Crippen MR) is 114 cm³/mol. The molecule has 0 atom stereocenters. The van der Waals surface area contributed by atoms with Gasteiger partial charge in [0.15, 0.2) is 12.6 Å². The van der Waals surface area contributed by atoms with E-state index in [0.717, 1.165) is 22.9 Å². The Kier molecular flexibility index (Phi) is 5.96. The van der Waals surface area contributed by atoms with Crippen LogP contribution in [0.25, 0.3) is 22.0 Å². The van der Waals surface area contributed by atoms with Gasteiger partial charge in [0.1, 0.15) is 11.4 Å². The van der Waals surface area contributed by atoms with Crippen LogP contribution in [0.3, 0.4) is 0 Å². The third kappa shape index (κ3) is 4.63. The van der Waals surface area contributed by atoms with Crippen LogP contribution in [0.4, 0.5) is 19.0 Å². The first-order valence-corrected chi connectivity index (χ1v) is 10.3. The molecule has 1 aromatic heterocycles. The number of ether oxygens (including phenoxy) is 2. The van der Waals surface area contributed by atoms with E-state index in [1.807, 2.05) is 24.3 Å². The van der Waals surface area contributed by atoms with Gasteiger partial charge in [0, 0.05) is 29.0 Å². The Bertz CT molecular complexity index is 1110. The second kappa shape index (κ2) is 8.55. The molecular formula is C23H24F3N3O3. The summed E-state index contributed by atoms with van der Waals surface area (Å²) < 4.78 is 50.5. The minimum absolute atomic E-state index is 0.0171. The quantitative estimate of drug-likeness (QED) is 0.392. The van der Waals surface area contributed by atoms with Crippen molar-refractivity contribution in [2.24, 2.45) is 0 Å². The molecule has 1 aliphatic rings. The molecule has 6 nitrogen and oxygen atoms in total. The normalized spacial score (nSPS) is 20.8. The van der Waals surface area contributed by atoms with Gasteiger partial charge in [0.05, 0.1) is 11.2 Å². The zero-order valence-electron chi connectivity index (χ0n) is 17.7. The van der Waals surface area contributed by atoms with Crippen molar-refractivity contribution in [3.05, 3.63) is 48.0 Å². The molecule has 4 rings (SSSR count). The molecule has 1 aliphatic carbocycles. The molecule has 9 heteroatoms. The predicted octanol–water partition coefficient (Wildman–Crippen LogP) is 5.01. The average molecular weight is 447 g/mol. The van der Waals surface area contributed by atoms with Crippen LogP contribution >= 0.6 is 0 Å². The average Bonchev–Trinajstić information content (AvgIpc) is 2.72. The zero-order valence-corrected chi connectivity index (χ0v) is 17.7. The summed E-state index contributed by atoms with van der Waals surface area (Å²) in [6.45, 7) is 3.73. The maximum atomic E-state index is 13.3. The highest BCUT2D eigenvalue weighted by atomic mass is 19.4. The molecular weight excluding hydrogens is 423 g/mol. The number of hydrogen-bond acceptors (Lipinski definition) is 6. The second-order valence-corrected chi connectivity index (χ2v) is 8.15. The van der Waals surface area contributed by atoms with Crippen molar-refractivity contribution >= 4 is 16.6 Å². The Hall–Kier alpha value is -2.91. The van der Waals surface area contributed by atoms with Gasteiger partial charge in [-0.15, -0.1) is 10.2 Å². The summed E-state index contributed by atoms with van der Waals surface area (Å²) in [5, 5.41) is 23.4. The Morgan fingerprint density at radius 2 is 1.84 bits per heavy atom. The molecule has 0 unspecified atom stereocenters. The lowest BCUT2D eigenvalue weighted by Crippen LogP contribution is -2.48. The summed E-state index contributed by atoms with van der Waals surface area (Å²) >= 11 is 0. The Morgan fingerprint density at radius 1 is 1.12 bits per heavy atom. The smallest absolute Gasteiger partial charge is 0.416 e. The topological polar surface area (TPSA) is 76.5 Å². The molecule has 0 spiro atoms. The summed E-state index contributed by atoms with van der Waals surface area (Å²) in [6, 6.07) is 10.8. The molecule has 0 aliphatic heterocycles. The van der Waals surface area contributed by atoms with Gasteiger partial charge in [-0.2, -0.15) is 13.2 Å². The van der Waals surface area contributed by atoms with Crippen LogP contribution in [0.5, 0.6) is 5.75 Å². The van der Waals surface area contributed by atoms with Crippen LogP contribution in [0, 0.1) is 0 Å². The van der Waals surface area contributed by atoms with E-state index in [9.17, 15) is 18.3 Å². The largest absolute Gasteiger partial charge is 0.467 e. The maximum Gasteiger partial charge on any atom is 0.416 e. The highest BCUT2D eigenvalue weighted by Crippen LogP contribution is 2.40. The molecule has 170 valence electrons. The van der Waals surface area contributed by atoms with E-state index in [0.29, 0.717) is 36.5 Å². The molecule has 1 saturated carbocycles. The lowest BCUT2D eigenvalue weighted by molar-refractivity contribution is -0.137. The molecule has 2 N–H and O–H groups in total. The molecule has 3 aromatic rings. The number of benzene rings is 2. The zero-order chi connectivity index (χ0) is 22.9. The summed E-state index contributed by atoms with van der Waals surface area (Å²) in [7, 11) is 0. The van der Waals surface area contributed by atoms with Crippen LogP contribution in [0.1, 0.15) is 32.3 Å². The van der Waals surface area contributed by atoms with Gasteiger partial charge in [-0.1, -0.05) is 24.3 Å². The van der Waals surface area contributed by atoms with E-state index in [1.165, 1.54) is 6.07 Å². The van der Waals surface area contributed by atoms with Crippen molar-refractivity contribution in [3.63, 3.8) is 0 Å². The molecule has 1 heterocycles. The van der Waals surface area contributed by atoms with Crippen molar-refractivity contribution in [2.75, 3.05) is 18.7 Å². The molecule has 0 radical (unpaired) electrons. The number of nitrogens with one attached hydrogen (secondary N) is 1. The van der Waals surface area contributed by atoms with Gasteiger partial charge in [0.25, 0.3) is 0 Å². The van der Waals surface area contributed by atoms with Crippen molar-refractivity contribution in [2.45, 2.75) is 44.5 Å². The highest BCUT2D eigenvalue weighted by Gasteiger charge is 2.38. The number of anilines is 1. The molecule has 1 fully saturated rings. The summed E-state index contributed by atoms with van der Waals surface area (Å²) in [4.78, 5) is 0. The third-order valence-electron chi connectivity index (χ3n) is 5.47. The van der Waals surface area contributed by atoms with Crippen LogP contribution < -0.4 is 10.1 Å². The van der Waals surface area contributed by atoms with Gasteiger partial charge in [0.2, 0.25) is 0 Å². The molecule has 2 aromatic carbocycles. The fourth-order valence-electron chi connectivity index (χ4n) is 3.91. The summed E-state index contributed by atoms with van der Waals surface area (Å²) in [6.07, 6.45) is -3.31. The van der Waals surface area contributed by atoms with Crippen molar-refractivity contribution < 1.29 is 27.8 Å². The summed E-state index contributed by atoms with van der Waals surface area (Å²) in [5.41, 5.74) is -0.708. The molecule has 32 heavy (non-hydrogen) atoms. The van der Waals surface area contributed by atoms with Gasteiger partial charge >= 0.3 is 6.18 Å². The van der Waals surface area contributed by atoms with Crippen molar-refractivity contribution in [1.82, 2.24) is 10.2 Å². The molecule has 0 amide bonds. The van der Waals surface area contributed by atoms with Gasteiger partial charge in [-0.25, -0.2) is 0 Å². The minimum Gasteiger partial charge on any atom is -0.467 e. The number of aliphatic hydroxyl groups is 1. The Balaban J connectivity index is 1.75. The number of hydrogen-bond donors (Lipinski definition) is 2. The Labute approximate surface area is 183 Å². The third-order valence-corrected chi connectivity index (χ3v) is 5.47. The SMILES string of the molecule is CCOCOc1cc(C(F)(F)F)ccc1-c1nnc(NC2CC(C)(O)C2)c2ccccc12. The minimum atomic E-state index is -4.51. The van der Waals surface area contributed by atoms with E-state index in [1.54, 1.807) is 13.8 Å². The first-order chi connectivity index (χ1) is 15.2. The number of halogens is 3. The molecule has 0 saturated heterocycles. The van der Waals surface area contributed by atoms with Crippen molar-refractivity contribution in [3.8, 4) is 17.0 Å². The van der Waals surface area contributed by atoms with E-state index < -0.39 is 17.3 Å². The van der Waals surface area contributed by atoms with Crippen molar-refractivity contribution in [1.29, 1.82) is 0 Å². The van der Waals surface area contributed by atoms with Gasteiger partial charge in [-0.05, 0) is 44.9 Å². The number of nitrogens with zero attached hydrogens (tertiary/aromatic N) is 2. The number of fused-ring (bicyclic) bond motifs is 1. The first-order valence-electron chi connectivity index (χ1n) is 10.3. The van der Waals surface area contributed by atoms with E-state index in [4.69, 9.17) is 9.47 Å². The number of rotatable bonds is 7. The number of alkyl halides is 3. The van der Waals surface area contributed by atoms with Crippen LogP contribution in [0.15, 0.2) is 42.5 Å². The fourth-order valence-corrected chi connectivity index (χ4v) is 3.91. The highest BCUT2D eigenvalue weighted by molar-refractivity contribution is 6.01. The molecule has 0 bridgehead atoms.